The van der Waals surface area contributed by atoms with Crippen LogP contribution >= 0.6 is 22.9 Å². The number of thiophene rings is 1. The first kappa shape index (κ1) is 33.6. The third kappa shape index (κ3) is 9.57. The van der Waals surface area contributed by atoms with Gasteiger partial charge in [-0.2, -0.15) is 26.3 Å². The van der Waals surface area contributed by atoms with Crippen molar-refractivity contribution in [2.45, 2.75) is 39.2 Å². The Hall–Kier alpha value is -2.88. The summed E-state index contributed by atoms with van der Waals surface area (Å²) < 4.78 is 88.1. The smallest absolute Gasteiger partial charge is 0.370 e. The van der Waals surface area contributed by atoms with Crippen LogP contribution in [0.15, 0.2) is 30.3 Å². The number of hydrogen-bond donors (Lipinski definition) is 2. The van der Waals surface area contributed by atoms with Crippen molar-refractivity contribution in [3.8, 4) is 0 Å². The second-order valence-corrected chi connectivity index (χ2v) is 12.4. The van der Waals surface area contributed by atoms with E-state index in [0.717, 1.165) is 33.3 Å². The molecule has 1 saturated heterocycles. The highest BCUT2D eigenvalue weighted by molar-refractivity contribution is 7.18. The molecule has 16 heteroatoms. The molecule has 0 bridgehead atoms. The summed E-state index contributed by atoms with van der Waals surface area (Å²) in [5.74, 6) is -2.45. The first-order valence-electron chi connectivity index (χ1n) is 12.6. The minimum Gasteiger partial charge on any atom is -0.370 e. The van der Waals surface area contributed by atoms with E-state index in [0.29, 0.717) is 10.4 Å². The summed E-state index contributed by atoms with van der Waals surface area (Å²) in [7, 11) is 0. The highest BCUT2D eigenvalue weighted by Crippen LogP contribution is 2.39. The van der Waals surface area contributed by atoms with E-state index < -0.39 is 72.5 Å². The molecule has 0 unspecified atom stereocenters. The molecule has 1 aromatic heterocycles. The van der Waals surface area contributed by atoms with Crippen LogP contribution in [0.4, 0.5) is 37.7 Å². The lowest BCUT2D eigenvalue weighted by Crippen LogP contribution is -2.55. The van der Waals surface area contributed by atoms with Crippen LogP contribution in [0.1, 0.15) is 36.0 Å². The molecule has 0 spiro atoms. The Labute approximate surface area is 246 Å². The number of hydrogen-bond acceptors (Lipinski definition) is 6. The van der Waals surface area contributed by atoms with Crippen LogP contribution in [0, 0.1) is 5.41 Å². The predicted octanol–water partition coefficient (Wildman–Crippen LogP) is 5.43. The molecule has 42 heavy (non-hydrogen) atoms. The number of ether oxygens (including phenoxy) is 1. The minimum absolute atomic E-state index is 0.0232. The van der Waals surface area contributed by atoms with Gasteiger partial charge in [0.1, 0.15) is 12.6 Å². The van der Waals surface area contributed by atoms with E-state index in [-0.39, 0.29) is 30.3 Å². The van der Waals surface area contributed by atoms with Gasteiger partial charge in [0, 0.05) is 25.3 Å². The summed E-state index contributed by atoms with van der Waals surface area (Å²) in [6.07, 6.45) is -9.66. The largest absolute Gasteiger partial charge is 0.418 e. The topological polar surface area (TPSA) is 91.0 Å². The van der Waals surface area contributed by atoms with Crippen molar-refractivity contribution >= 4 is 52.0 Å². The molecule has 2 aromatic rings. The summed E-state index contributed by atoms with van der Waals surface area (Å²) in [6, 6.07) is 3.96. The van der Waals surface area contributed by atoms with Gasteiger partial charge in [-0.1, -0.05) is 32.4 Å². The van der Waals surface area contributed by atoms with Crippen LogP contribution in [-0.2, 0) is 20.5 Å². The highest BCUT2D eigenvalue weighted by Gasteiger charge is 2.40. The van der Waals surface area contributed by atoms with Crippen LogP contribution in [0.5, 0.6) is 0 Å². The van der Waals surface area contributed by atoms with Gasteiger partial charge in [-0.3, -0.25) is 19.3 Å². The Kier molecular flexibility index (Phi) is 10.6. The van der Waals surface area contributed by atoms with Gasteiger partial charge in [-0.25, -0.2) is 0 Å². The van der Waals surface area contributed by atoms with Crippen molar-refractivity contribution < 1.29 is 45.5 Å². The maximum atomic E-state index is 14.0. The number of anilines is 2. The highest BCUT2D eigenvalue weighted by atomic mass is 35.5. The van der Waals surface area contributed by atoms with Gasteiger partial charge in [-0.05, 0) is 35.7 Å². The average Bonchev–Trinajstić information content (AvgIpc) is 3.28. The molecule has 2 N–H and O–H groups in total. The molecule has 2 heterocycles. The fourth-order valence-corrected chi connectivity index (χ4v) is 5.25. The number of morpholine rings is 1. The number of nitrogens with zero attached hydrogens (tertiary/aromatic N) is 2. The molecule has 1 aliphatic rings. The number of alkyl halides is 6. The zero-order chi connectivity index (χ0) is 31.5. The molecule has 0 radical (unpaired) electrons. The first-order valence-corrected chi connectivity index (χ1v) is 13.8. The zero-order valence-electron chi connectivity index (χ0n) is 22.8. The van der Waals surface area contributed by atoms with Gasteiger partial charge in [0.05, 0.1) is 33.6 Å². The van der Waals surface area contributed by atoms with E-state index >= 15 is 0 Å². The fourth-order valence-electron chi connectivity index (χ4n) is 4.29. The van der Waals surface area contributed by atoms with Crippen LogP contribution in [0.25, 0.3) is 0 Å². The lowest BCUT2D eigenvalue weighted by atomic mass is 9.95. The molecule has 0 aliphatic carbocycles. The second-order valence-electron chi connectivity index (χ2n) is 10.7. The SMILES string of the molecule is CC(C)(C)CN(CC(F)(F)F)[C@H](CNC(=O)c1ccc(Cl)s1)C(=O)Nc1ccc(N2CCOCC2=O)c(C(F)(F)F)c1. The van der Waals surface area contributed by atoms with E-state index in [4.69, 9.17) is 16.3 Å². The Morgan fingerprint density at radius 1 is 1.10 bits per heavy atom. The molecule has 232 valence electrons. The van der Waals surface area contributed by atoms with Crippen LogP contribution in [-0.4, -0.2) is 74.2 Å². The standard InChI is InChI=1S/C26H29ClF6N4O4S/c1-24(2,3)13-36(14-25(28,29)30)18(11-34-23(40)19-6-7-20(27)42-19)22(39)35-15-4-5-17(16(10-15)26(31,32)33)37-8-9-41-12-21(37)38/h4-7,10,18H,8-9,11-14H2,1-3H3,(H,34,40)(H,35,39)/t18-/m1/s1. The zero-order valence-corrected chi connectivity index (χ0v) is 24.4. The van der Waals surface area contributed by atoms with Gasteiger partial charge in [-0.15, -0.1) is 11.3 Å². The number of carbonyl (C=O) groups excluding carboxylic acids is 3. The van der Waals surface area contributed by atoms with Gasteiger partial charge >= 0.3 is 12.4 Å². The Balaban J connectivity index is 1.94. The number of rotatable bonds is 9. The van der Waals surface area contributed by atoms with E-state index in [1.165, 1.54) is 12.1 Å². The predicted molar refractivity (Wildman–Crippen MR) is 146 cm³/mol. The van der Waals surface area contributed by atoms with Crippen molar-refractivity contribution in [3.05, 3.63) is 45.1 Å². The van der Waals surface area contributed by atoms with Gasteiger partial charge in [0.25, 0.3) is 11.8 Å². The van der Waals surface area contributed by atoms with Crippen molar-refractivity contribution in [3.63, 3.8) is 0 Å². The second kappa shape index (κ2) is 13.2. The summed E-state index contributed by atoms with van der Waals surface area (Å²) in [5.41, 5.74) is -2.76. The van der Waals surface area contributed by atoms with Crippen molar-refractivity contribution in [2.24, 2.45) is 5.41 Å². The molecule has 1 fully saturated rings. The molecule has 0 saturated carbocycles. The molecular weight excluding hydrogens is 614 g/mol. The third-order valence-electron chi connectivity index (χ3n) is 5.90. The molecule has 1 aliphatic heterocycles. The lowest BCUT2D eigenvalue weighted by Gasteiger charge is -2.36. The normalized spacial score (nSPS) is 15.6. The van der Waals surface area contributed by atoms with E-state index in [1.807, 2.05) is 0 Å². The van der Waals surface area contributed by atoms with E-state index in [9.17, 15) is 40.7 Å². The average molecular weight is 643 g/mol. The van der Waals surface area contributed by atoms with Crippen LogP contribution in [0.2, 0.25) is 4.34 Å². The van der Waals surface area contributed by atoms with Crippen molar-refractivity contribution in [1.82, 2.24) is 10.2 Å². The fraction of sp³-hybridized carbons (Fsp3) is 0.500. The molecule has 3 rings (SSSR count). The van der Waals surface area contributed by atoms with Crippen molar-refractivity contribution in [2.75, 3.05) is 49.6 Å². The van der Waals surface area contributed by atoms with Gasteiger partial charge in [0.2, 0.25) is 5.91 Å². The lowest BCUT2D eigenvalue weighted by molar-refractivity contribution is -0.156. The molecule has 3 amide bonds. The number of carbonyl (C=O) groups is 3. The molecular formula is C26H29ClF6N4O4S. The molecule has 1 atom stereocenters. The maximum Gasteiger partial charge on any atom is 0.418 e. The minimum atomic E-state index is -4.93. The van der Waals surface area contributed by atoms with Gasteiger partial charge < -0.3 is 20.3 Å². The number of benzene rings is 1. The van der Waals surface area contributed by atoms with Crippen LogP contribution < -0.4 is 15.5 Å². The maximum absolute atomic E-state index is 14.0. The van der Waals surface area contributed by atoms with Crippen LogP contribution in [0.3, 0.4) is 0 Å². The Morgan fingerprint density at radius 3 is 2.33 bits per heavy atom. The summed E-state index contributed by atoms with van der Waals surface area (Å²) >= 11 is 6.77. The van der Waals surface area contributed by atoms with E-state index in [1.54, 1.807) is 20.8 Å². The third-order valence-corrected chi connectivity index (χ3v) is 7.13. The quantitative estimate of drug-likeness (QED) is 0.356. The Bertz CT molecular complexity index is 1280. The summed E-state index contributed by atoms with van der Waals surface area (Å²) in [4.78, 5) is 40.1. The molecule has 8 nitrogen and oxygen atoms in total. The van der Waals surface area contributed by atoms with Gasteiger partial charge in [0.15, 0.2) is 0 Å². The first-order chi connectivity index (χ1) is 19.3. The monoisotopic (exact) mass is 642 g/mol. The Morgan fingerprint density at radius 2 is 1.79 bits per heavy atom. The summed E-state index contributed by atoms with van der Waals surface area (Å²) in [6.45, 7) is 2.12. The van der Waals surface area contributed by atoms with Crippen molar-refractivity contribution in [1.29, 1.82) is 0 Å². The number of amides is 3. The number of nitrogens with one attached hydrogen (secondary N) is 2. The summed E-state index contributed by atoms with van der Waals surface area (Å²) in [5, 5.41) is 4.70. The molecule has 1 aromatic carbocycles. The van der Waals surface area contributed by atoms with E-state index in [2.05, 4.69) is 10.6 Å². The number of halogens is 7.